The predicted octanol–water partition coefficient (Wildman–Crippen LogP) is 5.21. The molecule has 10 heteroatoms. The highest BCUT2D eigenvalue weighted by Gasteiger charge is 2.25. The van der Waals surface area contributed by atoms with Gasteiger partial charge in [-0.25, -0.2) is 9.97 Å². The second-order valence-electron chi connectivity index (χ2n) is 9.25. The Hall–Kier alpha value is -3.01. The van der Waals surface area contributed by atoms with E-state index in [9.17, 15) is 4.79 Å². The van der Waals surface area contributed by atoms with Crippen LogP contribution in [0.4, 0.5) is 5.69 Å². The Morgan fingerprint density at radius 3 is 2.94 bits per heavy atom. The van der Waals surface area contributed by atoms with Crippen LogP contribution in [0, 0.1) is 0 Å². The number of nitrogens with zero attached hydrogens (tertiary/aromatic N) is 4. The van der Waals surface area contributed by atoms with E-state index in [1.807, 2.05) is 31.2 Å². The second kappa shape index (κ2) is 8.89. The Kier molecular flexibility index (Phi) is 5.70. The first-order valence-electron chi connectivity index (χ1n) is 11.8. The van der Waals surface area contributed by atoms with Crippen LogP contribution in [0.25, 0.3) is 21.0 Å². The molecule has 0 bridgehead atoms. The van der Waals surface area contributed by atoms with Gasteiger partial charge in [-0.15, -0.1) is 11.3 Å². The molecule has 2 N–H and O–H groups in total. The molecular formula is C25H25ClN6O2S. The highest BCUT2D eigenvalue weighted by Crippen LogP contribution is 2.41. The molecule has 5 heterocycles. The molecule has 1 aromatic carbocycles. The van der Waals surface area contributed by atoms with Gasteiger partial charge in [0.05, 0.1) is 11.2 Å². The minimum absolute atomic E-state index is 0.0414. The zero-order valence-electron chi connectivity index (χ0n) is 19.5. The molecule has 180 valence electrons. The Morgan fingerprint density at radius 1 is 1.23 bits per heavy atom. The van der Waals surface area contributed by atoms with Gasteiger partial charge in [-0.1, -0.05) is 0 Å². The molecule has 0 unspecified atom stereocenters. The third kappa shape index (κ3) is 4.17. The van der Waals surface area contributed by atoms with Crippen LogP contribution < -0.4 is 15.4 Å². The minimum atomic E-state index is -0.0414. The summed E-state index contributed by atoms with van der Waals surface area (Å²) in [5, 5.41) is 8.61. The number of fused-ring (bicyclic) bond motifs is 5. The number of aromatic nitrogens is 3. The number of carbonyl (C=O) groups excluding carboxylic acids is 1. The molecular weight excluding hydrogens is 484 g/mol. The van der Waals surface area contributed by atoms with Gasteiger partial charge in [0.15, 0.2) is 0 Å². The van der Waals surface area contributed by atoms with E-state index in [1.54, 1.807) is 6.20 Å². The lowest BCUT2D eigenvalue weighted by molar-refractivity contribution is 0.0949. The fourth-order valence-corrected chi connectivity index (χ4v) is 6.10. The molecule has 6 rings (SSSR count). The van der Waals surface area contributed by atoms with Crippen molar-refractivity contribution in [3.8, 4) is 11.8 Å². The minimum Gasteiger partial charge on any atom is -0.420 e. The van der Waals surface area contributed by atoms with E-state index in [0.29, 0.717) is 35.8 Å². The van der Waals surface area contributed by atoms with Crippen LogP contribution in [-0.2, 0) is 6.54 Å². The van der Waals surface area contributed by atoms with Crippen molar-refractivity contribution in [1.29, 1.82) is 0 Å². The van der Waals surface area contributed by atoms with Gasteiger partial charge < -0.3 is 15.4 Å². The normalized spacial score (nSPS) is 20.5. The number of benzene rings is 1. The first-order valence-corrected chi connectivity index (χ1v) is 13.0. The van der Waals surface area contributed by atoms with Crippen molar-refractivity contribution in [3.63, 3.8) is 0 Å². The SMILES string of the molecule is C[C@@H]1CNc2c(sc3ccc4nc(Oc5nc(Cl)ncc5CN5CCC[C@@H]5C)ccc4c23)C(=O)N1. The molecule has 1 saturated heterocycles. The number of pyridine rings is 1. The summed E-state index contributed by atoms with van der Waals surface area (Å²) >= 11 is 7.60. The van der Waals surface area contributed by atoms with Gasteiger partial charge in [0, 0.05) is 58.5 Å². The molecule has 2 aliphatic rings. The van der Waals surface area contributed by atoms with Crippen molar-refractivity contribution >= 4 is 55.5 Å². The Labute approximate surface area is 211 Å². The van der Waals surface area contributed by atoms with Crippen molar-refractivity contribution < 1.29 is 9.53 Å². The van der Waals surface area contributed by atoms with Crippen LogP contribution in [0.2, 0.25) is 5.28 Å². The first kappa shape index (κ1) is 22.5. The molecule has 2 atom stereocenters. The number of anilines is 1. The number of halogens is 1. The van der Waals surface area contributed by atoms with Gasteiger partial charge in [-0.3, -0.25) is 9.69 Å². The summed E-state index contributed by atoms with van der Waals surface area (Å²) in [6.45, 7) is 6.64. The highest BCUT2D eigenvalue weighted by atomic mass is 35.5. The quantitative estimate of drug-likeness (QED) is 0.365. The Bertz CT molecular complexity index is 1460. The average molecular weight is 509 g/mol. The van der Waals surface area contributed by atoms with Crippen LogP contribution in [0.1, 0.15) is 41.9 Å². The summed E-state index contributed by atoms with van der Waals surface area (Å²) in [4.78, 5) is 29.1. The van der Waals surface area contributed by atoms with E-state index < -0.39 is 0 Å². The van der Waals surface area contributed by atoms with Crippen molar-refractivity contribution in [2.45, 2.75) is 45.3 Å². The zero-order chi connectivity index (χ0) is 24.1. The standard InChI is InChI=1S/C25H25ClN6O2S/c1-13-10-27-21-20-16-5-8-19(30-17(16)6-7-18(20)35-22(21)23(33)29-13)34-24-15(11-28-25(26)31-24)12-32-9-3-4-14(32)2/h5-8,11,13-14,27H,3-4,9-10,12H2,1-2H3,(H,29,33)/t13-,14+/m1/s1. The number of rotatable bonds is 4. The van der Waals surface area contributed by atoms with Gasteiger partial charge in [0.2, 0.25) is 17.0 Å². The van der Waals surface area contributed by atoms with Crippen molar-refractivity contribution in [2.75, 3.05) is 18.4 Å². The lowest BCUT2D eigenvalue weighted by Gasteiger charge is -2.21. The number of amides is 1. The predicted molar refractivity (Wildman–Crippen MR) is 139 cm³/mol. The molecule has 0 aliphatic carbocycles. The topological polar surface area (TPSA) is 92.3 Å². The number of thiophene rings is 1. The van der Waals surface area contributed by atoms with E-state index in [4.69, 9.17) is 21.3 Å². The van der Waals surface area contributed by atoms with E-state index in [1.165, 1.54) is 24.2 Å². The molecule has 2 aliphatic heterocycles. The maximum absolute atomic E-state index is 12.7. The molecule has 35 heavy (non-hydrogen) atoms. The highest BCUT2D eigenvalue weighted by molar-refractivity contribution is 7.21. The molecule has 1 fully saturated rings. The lowest BCUT2D eigenvalue weighted by atomic mass is 10.1. The fourth-order valence-electron chi connectivity index (χ4n) is 4.88. The molecule has 0 radical (unpaired) electrons. The number of likely N-dealkylation sites (tertiary alicyclic amines) is 1. The molecule has 3 aromatic heterocycles. The van der Waals surface area contributed by atoms with Crippen LogP contribution in [0.15, 0.2) is 30.5 Å². The van der Waals surface area contributed by atoms with Gasteiger partial charge >= 0.3 is 0 Å². The average Bonchev–Trinajstić information content (AvgIpc) is 3.38. The van der Waals surface area contributed by atoms with Gasteiger partial charge in [-0.05, 0) is 63.0 Å². The summed E-state index contributed by atoms with van der Waals surface area (Å²) < 4.78 is 7.19. The summed E-state index contributed by atoms with van der Waals surface area (Å²) in [6, 6.07) is 8.37. The summed E-state index contributed by atoms with van der Waals surface area (Å²) in [5.41, 5.74) is 2.54. The lowest BCUT2D eigenvalue weighted by Crippen LogP contribution is -2.34. The van der Waals surface area contributed by atoms with Crippen LogP contribution >= 0.6 is 22.9 Å². The van der Waals surface area contributed by atoms with E-state index in [-0.39, 0.29) is 17.2 Å². The van der Waals surface area contributed by atoms with Crippen LogP contribution in [0.5, 0.6) is 11.8 Å². The Morgan fingerprint density at radius 2 is 2.11 bits per heavy atom. The van der Waals surface area contributed by atoms with Gasteiger partial charge in [-0.2, -0.15) is 4.98 Å². The maximum Gasteiger partial charge on any atom is 0.263 e. The summed E-state index contributed by atoms with van der Waals surface area (Å²) in [5.74, 6) is 0.817. The van der Waals surface area contributed by atoms with Gasteiger partial charge in [0.25, 0.3) is 5.91 Å². The summed E-state index contributed by atoms with van der Waals surface area (Å²) in [6.07, 6.45) is 4.11. The monoisotopic (exact) mass is 508 g/mol. The molecule has 4 aromatic rings. The van der Waals surface area contributed by atoms with E-state index >= 15 is 0 Å². The van der Waals surface area contributed by atoms with Crippen molar-refractivity contribution in [3.05, 3.63) is 46.2 Å². The van der Waals surface area contributed by atoms with Gasteiger partial charge in [0.1, 0.15) is 4.88 Å². The fraction of sp³-hybridized carbons (Fsp3) is 0.360. The van der Waals surface area contributed by atoms with E-state index in [0.717, 1.165) is 38.8 Å². The van der Waals surface area contributed by atoms with Crippen LogP contribution in [-0.4, -0.2) is 50.9 Å². The number of hydrogen-bond acceptors (Lipinski definition) is 8. The summed E-state index contributed by atoms with van der Waals surface area (Å²) in [7, 11) is 0. The third-order valence-corrected chi connectivity index (χ3v) is 8.06. The number of hydrogen-bond donors (Lipinski definition) is 2. The Balaban J connectivity index is 1.36. The molecule has 1 amide bonds. The van der Waals surface area contributed by atoms with Crippen molar-refractivity contribution in [2.24, 2.45) is 0 Å². The number of ether oxygens (including phenoxy) is 1. The van der Waals surface area contributed by atoms with Crippen LogP contribution in [0.3, 0.4) is 0 Å². The maximum atomic E-state index is 12.7. The largest absolute Gasteiger partial charge is 0.420 e. The zero-order valence-corrected chi connectivity index (χ0v) is 21.0. The smallest absolute Gasteiger partial charge is 0.263 e. The number of carbonyl (C=O) groups is 1. The second-order valence-corrected chi connectivity index (χ2v) is 10.6. The number of nitrogens with one attached hydrogen (secondary N) is 2. The third-order valence-electron chi connectivity index (χ3n) is 6.73. The van der Waals surface area contributed by atoms with E-state index in [2.05, 4.69) is 32.4 Å². The molecule has 0 spiro atoms. The molecule has 8 nitrogen and oxygen atoms in total. The van der Waals surface area contributed by atoms with Crippen molar-refractivity contribution in [1.82, 2.24) is 25.2 Å². The molecule has 0 saturated carbocycles. The first-order chi connectivity index (χ1) is 17.0.